The maximum absolute atomic E-state index is 11.4. The van der Waals surface area contributed by atoms with Crippen molar-refractivity contribution in [1.82, 2.24) is 0 Å². The number of rotatable bonds is 6. The van der Waals surface area contributed by atoms with Gasteiger partial charge in [0.05, 0.1) is 9.79 Å². The predicted octanol–water partition coefficient (Wildman–Crippen LogP) is 5.36. The van der Waals surface area contributed by atoms with E-state index in [2.05, 4.69) is 0 Å². The van der Waals surface area contributed by atoms with E-state index in [1.807, 2.05) is 76.2 Å². The molecule has 0 spiro atoms. The average Bonchev–Trinajstić information content (AvgIpc) is 2.85. The zero-order chi connectivity index (χ0) is 26.7. The molecule has 4 rings (SSSR count). The normalized spacial score (nSPS) is 11.6. The maximum Gasteiger partial charge on any atom is 2.00 e. The van der Waals surface area contributed by atoms with Gasteiger partial charge in [-0.2, -0.15) is 0 Å². The van der Waals surface area contributed by atoms with E-state index in [1.165, 1.54) is 12.1 Å². The summed E-state index contributed by atoms with van der Waals surface area (Å²) in [6.07, 6.45) is 2.81. The maximum atomic E-state index is 11.4. The summed E-state index contributed by atoms with van der Waals surface area (Å²) in [5.74, 6) is 0. The molecule has 0 aliphatic carbocycles. The number of hydrogen-bond acceptors (Lipinski definition) is 6. The molecule has 0 atom stereocenters. The van der Waals surface area contributed by atoms with Crippen molar-refractivity contribution in [2.45, 2.75) is 63.2 Å². The van der Waals surface area contributed by atoms with Crippen LogP contribution in [0.15, 0.2) is 70.5 Å². The molecule has 0 aromatic heterocycles. The van der Waals surface area contributed by atoms with Crippen LogP contribution in [-0.4, -0.2) is 63.7 Å². The van der Waals surface area contributed by atoms with Crippen LogP contribution in [0, 0.1) is 0 Å². The SMILES string of the molecule is CCc1cc(S(=O)(=O)[O-])c2c(CC)cccc2c1.CCc1cc(S(=O)(=O)[O-])c2c(CC)cccc2c1.[Ca+2]. The molecule has 4 aromatic carbocycles. The van der Waals surface area contributed by atoms with Gasteiger partial charge in [-0.15, -0.1) is 0 Å². The standard InChI is InChI=1S/2C14H16O3S.Ca/c2*1-3-10-8-12-7-5-6-11(4-2)14(12)13(9-10)18(15,16)17;/h2*5-9H,3-4H2,1-2H3,(H,15,16,17);/q;;+2/p-2. The first kappa shape index (κ1) is 31.7. The van der Waals surface area contributed by atoms with Crippen LogP contribution in [0.3, 0.4) is 0 Å². The minimum absolute atomic E-state index is 0. The van der Waals surface area contributed by atoms with Crippen LogP contribution < -0.4 is 0 Å². The van der Waals surface area contributed by atoms with Gasteiger partial charge in [0.25, 0.3) is 0 Å². The zero-order valence-corrected chi connectivity index (χ0v) is 25.4. The van der Waals surface area contributed by atoms with Crippen molar-refractivity contribution in [1.29, 1.82) is 0 Å². The van der Waals surface area contributed by atoms with Crippen LogP contribution >= 0.6 is 0 Å². The van der Waals surface area contributed by atoms with Crippen LogP contribution in [0.5, 0.6) is 0 Å². The third-order valence-electron chi connectivity index (χ3n) is 6.29. The van der Waals surface area contributed by atoms with Gasteiger partial charge < -0.3 is 9.11 Å². The van der Waals surface area contributed by atoms with Crippen LogP contribution in [0.1, 0.15) is 49.9 Å². The Kier molecular flexibility index (Phi) is 11.2. The predicted molar refractivity (Wildman–Crippen MR) is 147 cm³/mol. The van der Waals surface area contributed by atoms with E-state index in [1.54, 1.807) is 0 Å². The van der Waals surface area contributed by atoms with Gasteiger partial charge in [-0.3, -0.25) is 0 Å². The Morgan fingerprint density at radius 1 is 0.568 bits per heavy atom. The van der Waals surface area contributed by atoms with Crippen LogP contribution in [0.25, 0.3) is 21.5 Å². The minimum Gasteiger partial charge on any atom is -0.744 e. The van der Waals surface area contributed by atoms with Crippen LogP contribution in [-0.2, 0) is 45.9 Å². The van der Waals surface area contributed by atoms with Crippen molar-refractivity contribution in [2.24, 2.45) is 0 Å². The minimum atomic E-state index is -4.44. The molecular weight excluding hydrogens is 537 g/mol. The van der Waals surface area contributed by atoms with E-state index < -0.39 is 20.2 Å². The molecule has 6 nitrogen and oxygen atoms in total. The summed E-state index contributed by atoms with van der Waals surface area (Å²) in [5, 5.41) is 2.80. The Morgan fingerprint density at radius 2 is 0.919 bits per heavy atom. The third kappa shape index (κ3) is 7.32. The fraction of sp³-hybridized carbons (Fsp3) is 0.286. The van der Waals surface area contributed by atoms with E-state index in [9.17, 15) is 25.9 Å². The molecule has 0 radical (unpaired) electrons. The molecule has 0 bridgehead atoms. The van der Waals surface area contributed by atoms with Gasteiger partial charge >= 0.3 is 37.7 Å². The Hall–Kier alpha value is -1.52. The molecule has 0 heterocycles. The number of aryl methyl sites for hydroxylation is 4. The Bertz CT molecular complexity index is 1500. The molecule has 0 aliphatic rings. The van der Waals surface area contributed by atoms with Gasteiger partial charge in [-0.25, -0.2) is 16.8 Å². The van der Waals surface area contributed by atoms with E-state index >= 15 is 0 Å². The first-order valence-electron chi connectivity index (χ1n) is 11.9. The molecule has 0 fully saturated rings. The summed E-state index contributed by atoms with van der Waals surface area (Å²) in [4.78, 5) is -0.177. The van der Waals surface area contributed by atoms with Crippen molar-refractivity contribution < 1.29 is 25.9 Å². The monoisotopic (exact) mass is 566 g/mol. The average molecular weight is 567 g/mol. The Balaban J connectivity index is 0.000000253. The summed E-state index contributed by atoms with van der Waals surface area (Å²) in [5.41, 5.74) is 3.52. The van der Waals surface area contributed by atoms with Gasteiger partial charge in [-0.05, 0) is 70.8 Å². The van der Waals surface area contributed by atoms with Gasteiger partial charge in [0.1, 0.15) is 20.2 Å². The molecule has 0 unspecified atom stereocenters. The summed E-state index contributed by atoms with van der Waals surface area (Å²) in [6, 6.07) is 18.1. The van der Waals surface area contributed by atoms with Crippen molar-refractivity contribution in [3.63, 3.8) is 0 Å². The molecular formula is C28H30CaO6S2. The van der Waals surface area contributed by atoms with E-state index in [0.29, 0.717) is 36.5 Å². The van der Waals surface area contributed by atoms with Gasteiger partial charge in [0.2, 0.25) is 0 Å². The summed E-state index contributed by atoms with van der Waals surface area (Å²) >= 11 is 0. The molecule has 192 valence electrons. The van der Waals surface area contributed by atoms with Crippen molar-refractivity contribution >= 4 is 79.5 Å². The topological polar surface area (TPSA) is 114 Å². The Morgan fingerprint density at radius 3 is 1.19 bits per heavy atom. The second-order valence-corrected chi connectivity index (χ2v) is 11.2. The van der Waals surface area contributed by atoms with Crippen molar-refractivity contribution in [3.8, 4) is 0 Å². The molecule has 0 saturated carbocycles. The van der Waals surface area contributed by atoms with Crippen LogP contribution in [0.4, 0.5) is 0 Å². The molecule has 0 saturated heterocycles. The molecule has 0 amide bonds. The largest absolute Gasteiger partial charge is 2.00 e. The van der Waals surface area contributed by atoms with Gasteiger partial charge in [0, 0.05) is 10.8 Å². The number of benzene rings is 4. The van der Waals surface area contributed by atoms with E-state index in [4.69, 9.17) is 0 Å². The van der Waals surface area contributed by atoms with E-state index in [0.717, 1.165) is 33.0 Å². The number of hydrogen-bond donors (Lipinski definition) is 0. The fourth-order valence-corrected chi connectivity index (χ4v) is 6.03. The first-order chi connectivity index (χ1) is 16.9. The summed E-state index contributed by atoms with van der Waals surface area (Å²) < 4.78 is 68.6. The van der Waals surface area contributed by atoms with Gasteiger partial charge in [-0.1, -0.05) is 76.2 Å². The Labute approximate surface area is 249 Å². The molecule has 37 heavy (non-hydrogen) atoms. The van der Waals surface area contributed by atoms with Crippen molar-refractivity contribution in [2.75, 3.05) is 0 Å². The van der Waals surface area contributed by atoms with Gasteiger partial charge in [0.15, 0.2) is 0 Å². The summed E-state index contributed by atoms with van der Waals surface area (Å²) in [7, 11) is -8.89. The zero-order valence-electron chi connectivity index (χ0n) is 21.6. The quantitative estimate of drug-likeness (QED) is 0.229. The molecule has 0 N–H and O–H groups in total. The second-order valence-electron chi connectivity index (χ2n) is 8.54. The summed E-state index contributed by atoms with van der Waals surface area (Å²) in [6.45, 7) is 7.77. The van der Waals surface area contributed by atoms with Crippen molar-refractivity contribution in [3.05, 3.63) is 82.9 Å². The van der Waals surface area contributed by atoms with E-state index in [-0.39, 0.29) is 47.5 Å². The van der Waals surface area contributed by atoms with Crippen LogP contribution in [0.2, 0.25) is 0 Å². The first-order valence-corrected chi connectivity index (χ1v) is 14.8. The smallest absolute Gasteiger partial charge is 0.744 e. The molecule has 9 heteroatoms. The fourth-order valence-electron chi connectivity index (χ4n) is 4.44. The number of fused-ring (bicyclic) bond motifs is 2. The molecule has 4 aromatic rings. The molecule has 0 aliphatic heterocycles. The third-order valence-corrected chi connectivity index (χ3v) is 8.01. The second kappa shape index (κ2) is 13.0.